The van der Waals surface area contributed by atoms with Crippen molar-refractivity contribution in [3.8, 4) is 5.88 Å². The highest BCUT2D eigenvalue weighted by atomic mass is 35.5. The van der Waals surface area contributed by atoms with Crippen molar-refractivity contribution >= 4 is 16.8 Å². The van der Waals surface area contributed by atoms with Gasteiger partial charge in [0.2, 0.25) is 5.88 Å². The third kappa shape index (κ3) is 3.17. The maximum Gasteiger partial charge on any atom is 0.574 e. The average Bonchev–Trinajstić information content (AvgIpc) is 2.02. The van der Waals surface area contributed by atoms with Crippen LogP contribution in [0.1, 0.15) is 10.5 Å². The van der Waals surface area contributed by atoms with E-state index in [4.69, 9.17) is 11.6 Å². The van der Waals surface area contributed by atoms with Crippen LogP contribution < -0.4 is 4.74 Å². The van der Waals surface area contributed by atoms with E-state index in [0.29, 0.717) is 6.20 Å². The Bertz CT molecular complexity index is 338. The van der Waals surface area contributed by atoms with Gasteiger partial charge in [-0.05, 0) is 11.6 Å². The first-order valence-corrected chi connectivity index (χ1v) is 3.54. The normalized spacial score (nSPS) is 11.1. The van der Waals surface area contributed by atoms with Gasteiger partial charge in [0.05, 0.1) is 12.4 Å². The van der Waals surface area contributed by atoms with Crippen LogP contribution in [0, 0.1) is 0 Å². The monoisotopic (exact) mass is 226 g/mol. The molecule has 0 bridgehead atoms. The van der Waals surface area contributed by atoms with E-state index in [0.717, 1.165) is 6.20 Å². The number of aromatic nitrogens is 2. The Hall–Kier alpha value is -1.37. The molecule has 1 heterocycles. The highest BCUT2D eigenvalue weighted by Gasteiger charge is 2.31. The Labute approximate surface area is 80.7 Å². The molecule has 1 rings (SSSR count). The van der Waals surface area contributed by atoms with Gasteiger partial charge >= 0.3 is 6.36 Å². The zero-order valence-corrected chi connectivity index (χ0v) is 7.13. The molecule has 0 N–H and O–H groups in total. The van der Waals surface area contributed by atoms with Crippen LogP contribution in [-0.2, 0) is 0 Å². The quantitative estimate of drug-likeness (QED) is 0.721. The summed E-state index contributed by atoms with van der Waals surface area (Å²) in [6.45, 7) is 0. The molecule has 0 spiro atoms. The molecule has 0 radical (unpaired) electrons. The molecule has 0 aliphatic heterocycles. The Morgan fingerprint density at radius 2 is 2.00 bits per heavy atom. The number of nitrogens with zero attached hydrogens (tertiary/aromatic N) is 2. The number of carbonyl (C=O) groups excluding carboxylic acids is 1. The van der Waals surface area contributed by atoms with E-state index >= 15 is 0 Å². The number of alkyl halides is 3. The van der Waals surface area contributed by atoms with Gasteiger partial charge in [-0.15, -0.1) is 13.2 Å². The Kier molecular flexibility index (Phi) is 2.90. The molecule has 0 atom stereocenters. The van der Waals surface area contributed by atoms with Crippen LogP contribution >= 0.6 is 11.6 Å². The largest absolute Gasteiger partial charge is 0.574 e. The lowest BCUT2D eigenvalue weighted by Crippen LogP contribution is -2.18. The lowest BCUT2D eigenvalue weighted by Gasteiger charge is -2.06. The van der Waals surface area contributed by atoms with Crippen molar-refractivity contribution in [2.24, 2.45) is 0 Å². The fraction of sp³-hybridized carbons (Fsp3) is 0.167. The van der Waals surface area contributed by atoms with Gasteiger partial charge in [0.15, 0.2) is 0 Å². The van der Waals surface area contributed by atoms with Gasteiger partial charge in [-0.1, -0.05) is 0 Å². The zero-order valence-electron chi connectivity index (χ0n) is 6.38. The maximum absolute atomic E-state index is 11.6. The first-order valence-electron chi connectivity index (χ1n) is 3.16. The molecule has 76 valence electrons. The molecule has 0 saturated heterocycles. The molecular formula is C6H2ClF3N2O2. The molecule has 1 aromatic rings. The Morgan fingerprint density at radius 3 is 2.36 bits per heavy atom. The summed E-state index contributed by atoms with van der Waals surface area (Å²) >= 11 is 4.98. The fourth-order valence-corrected chi connectivity index (χ4v) is 0.687. The van der Waals surface area contributed by atoms with Crippen LogP contribution in [0.4, 0.5) is 13.2 Å². The molecule has 1 aromatic heterocycles. The number of hydrogen-bond donors (Lipinski definition) is 0. The predicted molar refractivity (Wildman–Crippen MR) is 38.9 cm³/mol. The van der Waals surface area contributed by atoms with E-state index in [1.54, 1.807) is 0 Å². The van der Waals surface area contributed by atoms with Crippen LogP contribution in [-0.4, -0.2) is 21.6 Å². The summed E-state index contributed by atoms with van der Waals surface area (Å²) in [7, 11) is 0. The van der Waals surface area contributed by atoms with Crippen molar-refractivity contribution < 1.29 is 22.7 Å². The molecule has 0 aromatic carbocycles. The van der Waals surface area contributed by atoms with Gasteiger partial charge in [-0.25, -0.2) is 9.97 Å². The van der Waals surface area contributed by atoms with Crippen molar-refractivity contribution in [1.82, 2.24) is 9.97 Å². The number of halogens is 4. The minimum absolute atomic E-state index is 0.249. The zero-order chi connectivity index (χ0) is 10.8. The second-order valence-electron chi connectivity index (χ2n) is 2.06. The van der Waals surface area contributed by atoms with Crippen LogP contribution in [0.5, 0.6) is 5.88 Å². The summed E-state index contributed by atoms with van der Waals surface area (Å²) in [6.07, 6.45) is -3.39. The highest BCUT2D eigenvalue weighted by molar-refractivity contribution is 6.67. The van der Waals surface area contributed by atoms with Gasteiger partial charge in [-0.3, -0.25) is 4.79 Å². The molecule has 0 unspecified atom stereocenters. The van der Waals surface area contributed by atoms with Crippen molar-refractivity contribution in [2.45, 2.75) is 6.36 Å². The fourth-order valence-electron chi connectivity index (χ4n) is 0.589. The van der Waals surface area contributed by atoms with Gasteiger partial charge in [0, 0.05) is 0 Å². The Morgan fingerprint density at radius 1 is 1.36 bits per heavy atom. The third-order valence-corrected chi connectivity index (χ3v) is 1.24. The molecule has 4 nitrogen and oxygen atoms in total. The van der Waals surface area contributed by atoms with Crippen molar-refractivity contribution in [3.05, 3.63) is 18.1 Å². The topological polar surface area (TPSA) is 52.1 Å². The summed E-state index contributed by atoms with van der Waals surface area (Å²) in [4.78, 5) is 16.9. The second kappa shape index (κ2) is 3.79. The standard InChI is InChI=1S/C6H2ClF3N2O2/c7-5(13)3-1-12-4(2-11-3)14-6(8,9)10/h1-2H. The van der Waals surface area contributed by atoms with Crippen molar-refractivity contribution in [3.63, 3.8) is 0 Å². The molecule has 14 heavy (non-hydrogen) atoms. The van der Waals surface area contributed by atoms with E-state index in [9.17, 15) is 18.0 Å². The van der Waals surface area contributed by atoms with Crippen LogP contribution in [0.25, 0.3) is 0 Å². The summed E-state index contributed by atoms with van der Waals surface area (Å²) in [6, 6.07) is 0. The molecule has 0 fully saturated rings. The maximum atomic E-state index is 11.6. The lowest BCUT2D eigenvalue weighted by atomic mass is 10.5. The summed E-state index contributed by atoms with van der Waals surface area (Å²) < 4.78 is 38.3. The highest BCUT2D eigenvalue weighted by Crippen LogP contribution is 2.19. The predicted octanol–water partition coefficient (Wildman–Crippen LogP) is 1.75. The molecule has 0 aliphatic rings. The first kappa shape index (κ1) is 10.7. The molecule has 8 heteroatoms. The summed E-state index contributed by atoms with van der Waals surface area (Å²) in [5.74, 6) is -0.751. The van der Waals surface area contributed by atoms with Gasteiger partial charge < -0.3 is 4.74 Å². The smallest absolute Gasteiger partial charge is 0.386 e. The van der Waals surface area contributed by atoms with Crippen LogP contribution in [0.2, 0.25) is 0 Å². The third-order valence-electron chi connectivity index (χ3n) is 1.05. The van der Waals surface area contributed by atoms with Crippen molar-refractivity contribution in [1.29, 1.82) is 0 Å². The number of hydrogen-bond acceptors (Lipinski definition) is 4. The van der Waals surface area contributed by atoms with E-state index in [1.807, 2.05) is 0 Å². The molecular weight excluding hydrogens is 225 g/mol. The van der Waals surface area contributed by atoms with Crippen LogP contribution in [0.15, 0.2) is 12.4 Å². The lowest BCUT2D eigenvalue weighted by molar-refractivity contribution is -0.276. The minimum atomic E-state index is -4.83. The summed E-state index contributed by atoms with van der Waals surface area (Å²) in [5, 5.41) is -0.906. The molecule has 0 amide bonds. The second-order valence-corrected chi connectivity index (χ2v) is 2.40. The average molecular weight is 227 g/mol. The van der Waals surface area contributed by atoms with Gasteiger partial charge in [-0.2, -0.15) is 0 Å². The van der Waals surface area contributed by atoms with Gasteiger partial charge in [0.1, 0.15) is 5.69 Å². The minimum Gasteiger partial charge on any atom is -0.386 e. The van der Waals surface area contributed by atoms with Crippen molar-refractivity contribution in [2.75, 3.05) is 0 Å². The Balaban J connectivity index is 2.79. The van der Waals surface area contributed by atoms with Crippen LogP contribution in [0.3, 0.4) is 0 Å². The number of ether oxygens (including phenoxy) is 1. The molecule has 0 saturated carbocycles. The number of rotatable bonds is 2. The summed E-state index contributed by atoms with van der Waals surface area (Å²) in [5.41, 5.74) is -0.249. The van der Waals surface area contributed by atoms with E-state index in [1.165, 1.54) is 0 Å². The van der Waals surface area contributed by atoms with E-state index < -0.39 is 17.5 Å². The van der Waals surface area contributed by atoms with Gasteiger partial charge in [0.25, 0.3) is 5.24 Å². The molecule has 0 aliphatic carbocycles. The van der Waals surface area contributed by atoms with E-state index in [2.05, 4.69) is 14.7 Å². The first-order chi connectivity index (χ1) is 6.38. The number of carbonyl (C=O) groups is 1. The van der Waals surface area contributed by atoms with E-state index in [-0.39, 0.29) is 5.69 Å². The SMILES string of the molecule is O=C(Cl)c1cnc(OC(F)(F)F)cn1.